The SMILES string of the molecule is CCN(Cc1nccn1Cc1cccc(Cl)c1)C(=O)COC. The number of methoxy groups -OCH3 is 1. The zero-order chi connectivity index (χ0) is 15.9. The Balaban J connectivity index is 2.10. The number of hydrogen-bond donors (Lipinski definition) is 0. The molecule has 6 heteroatoms. The van der Waals surface area contributed by atoms with E-state index in [0.29, 0.717) is 24.7 Å². The fourth-order valence-electron chi connectivity index (χ4n) is 2.23. The minimum Gasteiger partial charge on any atom is -0.375 e. The highest BCUT2D eigenvalue weighted by Crippen LogP contribution is 2.13. The van der Waals surface area contributed by atoms with E-state index < -0.39 is 0 Å². The van der Waals surface area contributed by atoms with E-state index >= 15 is 0 Å². The summed E-state index contributed by atoms with van der Waals surface area (Å²) < 4.78 is 6.93. The quantitative estimate of drug-likeness (QED) is 0.787. The lowest BCUT2D eigenvalue weighted by Gasteiger charge is -2.20. The molecule has 1 aromatic heterocycles. The molecule has 0 saturated heterocycles. The average molecular weight is 322 g/mol. The zero-order valence-corrected chi connectivity index (χ0v) is 13.6. The molecular formula is C16H20ClN3O2. The number of likely N-dealkylation sites (N-methyl/N-ethyl adjacent to an activating group) is 1. The van der Waals surface area contributed by atoms with Crippen molar-refractivity contribution >= 4 is 17.5 Å². The Morgan fingerprint density at radius 2 is 2.27 bits per heavy atom. The predicted molar refractivity (Wildman–Crippen MR) is 85.7 cm³/mol. The maximum Gasteiger partial charge on any atom is 0.248 e. The van der Waals surface area contributed by atoms with Gasteiger partial charge in [-0.05, 0) is 24.6 Å². The molecule has 0 spiro atoms. The molecule has 0 aliphatic heterocycles. The normalized spacial score (nSPS) is 10.7. The van der Waals surface area contributed by atoms with Gasteiger partial charge in [0, 0.05) is 37.6 Å². The molecule has 0 bridgehead atoms. The molecule has 22 heavy (non-hydrogen) atoms. The van der Waals surface area contributed by atoms with Gasteiger partial charge >= 0.3 is 0 Å². The molecule has 0 fully saturated rings. The van der Waals surface area contributed by atoms with Crippen molar-refractivity contribution in [3.05, 3.63) is 53.1 Å². The number of ether oxygens (including phenoxy) is 1. The Bertz CT molecular complexity index is 627. The van der Waals surface area contributed by atoms with E-state index in [-0.39, 0.29) is 12.5 Å². The molecule has 0 saturated carbocycles. The van der Waals surface area contributed by atoms with E-state index in [0.717, 1.165) is 11.4 Å². The Morgan fingerprint density at radius 1 is 1.45 bits per heavy atom. The summed E-state index contributed by atoms with van der Waals surface area (Å²) >= 11 is 6.02. The van der Waals surface area contributed by atoms with Gasteiger partial charge < -0.3 is 14.2 Å². The number of hydrogen-bond acceptors (Lipinski definition) is 3. The molecule has 0 atom stereocenters. The first-order valence-electron chi connectivity index (χ1n) is 7.15. The van der Waals surface area contributed by atoms with Crippen LogP contribution in [0.5, 0.6) is 0 Å². The van der Waals surface area contributed by atoms with Crippen LogP contribution >= 0.6 is 11.6 Å². The largest absolute Gasteiger partial charge is 0.375 e. The van der Waals surface area contributed by atoms with Gasteiger partial charge in [0.05, 0.1) is 6.54 Å². The number of imidazole rings is 1. The molecule has 2 rings (SSSR count). The minimum atomic E-state index is -0.0395. The first kappa shape index (κ1) is 16.5. The number of rotatable bonds is 7. The van der Waals surface area contributed by atoms with Crippen LogP contribution in [0.4, 0.5) is 0 Å². The van der Waals surface area contributed by atoms with Crippen LogP contribution in [0, 0.1) is 0 Å². The van der Waals surface area contributed by atoms with Crippen LogP contribution in [0.1, 0.15) is 18.3 Å². The van der Waals surface area contributed by atoms with Gasteiger partial charge in [-0.1, -0.05) is 23.7 Å². The number of aromatic nitrogens is 2. The van der Waals surface area contributed by atoms with Crippen molar-refractivity contribution in [2.24, 2.45) is 0 Å². The Morgan fingerprint density at radius 3 is 2.95 bits per heavy atom. The van der Waals surface area contributed by atoms with E-state index in [2.05, 4.69) is 4.98 Å². The van der Waals surface area contributed by atoms with Crippen LogP contribution < -0.4 is 0 Å². The van der Waals surface area contributed by atoms with Crippen molar-refractivity contribution in [3.63, 3.8) is 0 Å². The van der Waals surface area contributed by atoms with E-state index in [1.165, 1.54) is 7.11 Å². The third-order valence-electron chi connectivity index (χ3n) is 3.38. The van der Waals surface area contributed by atoms with E-state index in [9.17, 15) is 4.79 Å². The molecule has 5 nitrogen and oxygen atoms in total. The van der Waals surface area contributed by atoms with Crippen LogP contribution in [0.2, 0.25) is 5.02 Å². The lowest BCUT2D eigenvalue weighted by Crippen LogP contribution is -2.34. The Hall–Kier alpha value is -1.85. The second kappa shape index (κ2) is 7.96. The molecule has 0 N–H and O–H groups in total. The lowest BCUT2D eigenvalue weighted by molar-refractivity contribution is -0.135. The Labute approximate surface area is 135 Å². The van der Waals surface area contributed by atoms with Gasteiger partial charge in [0.2, 0.25) is 5.91 Å². The van der Waals surface area contributed by atoms with Crippen LogP contribution in [-0.2, 0) is 22.6 Å². The molecule has 1 heterocycles. The summed E-state index contributed by atoms with van der Waals surface area (Å²) in [6.45, 7) is 3.78. The number of nitrogens with zero attached hydrogens (tertiary/aromatic N) is 3. The highest BCUT2D eigenvalue weighted by Gasteiger charge is 2.14. The van der Waals surface area contributed by atoms with Gasteiger partial charge in [-0.3, -0.25) is 4.79 Å². The van der Waals surface area contributed by atoms with E-state index in [1.807, 2.05) is 42.0 Å². The average Bonchev–Trinajstić information content (AvgIpc) is 2.92. The maximum atomic E-state index is 12.0. The predicted octanol–water partition coefficient (Wildman–Crippen LogP) is 2.58. The van der Waals surface area contributed by atoms with Gasteiger partial charge in [-0.15, -0.1) is 0 Å². The van der Waals surface area contributed by atoms with Gasteiger partial charge in [0.1, 0.15) is 12.4 Å². The van der Waals surface area contributed by atoms with Crippen molar-refractivity contribution in [3.8, 4) is 0 Å². The zero-order valence-electron chi connectivity index (χ0n) is 12.8. The fourth-order valence-corrected chi connectivity index (χ4v) is 2.44. The van der Waals surface area contributed by atoms with Crippen molar-refractivity contribution in [2.75, 3.05) is 20.3 Å². The third kappa shape index (κ3) is 4.32. The van der Waals surface area contributed by atoms with Crippen molar-refractivity contribution in [2.45, 2.75) is 20.0 Å². The second-order valence-corrected chi connectivity index (χ2v) is 5.38. The summed E-state index contributed by atoms with van der Waals surface area (Å²) in [5, 5.41) is 0.713. The molecule has 1 amide bonds. The minimum absolute atomic E-state index is 0.0395. The fraction of sp³-hybridized carbons (Fsp3) is 0.375. The summed E-state index contributed by atoms with van der Waals surface area (Å²) in [5.41, 5.74) is 1.10. The highest BCUT2D eigenvalue weighted by molar-refractivity contribution is 6.30. The first-order valence-corrected chi connectivity index (χ1v) is 7.53. The van der Waals surface area contributed by atoms with Crippen LogP contribution in [0.15, 0.2) is 36.7 Å². The standard InChI is InChI=1S/C16H20ClN3O2/c1-3-19(16(21)12-22-2)11-15-18-7-8-20(15)10-13-5-4-6-14(17)9-13/h4-9H,3,10-12H2,1-2H3. The molecular weight excluding hydrogens is 302 g/mol. The molecule has 0 radical (unpaired) electrons. The topological polar surface area (TPSA) is 47.4 Å². The van der Waals surface area contributed by atoms with E-state index in [4.69, 9.17) is 16.3 Å². The van der Waals surface area contributed by atoms with Crippen molar-refractivity contribution in [1.82, 2.24) is 14.5 Å². The van der Waals surface area contributed by atoms with Crippen LogP contribution in [0.3, 0.4) is 0 Å². The number of amides is 1. The molecule has 0 aliphatic carbocycles. The molecule has 0 aliphatic rings. The molecule has 0 unspecified atom stereocenters. The summed E-state index contributed by atoms with van der Waals surface area (Å²) in [7, 11) is 1.52. The summed E-state index contributed by atoms with van der Waals surface area (Å²) in [6, 6.07) is 7.72. The van der Waals surface area contributed by atoms with Crippen molar-refractivity contribution < 1.29 is 9.53 Å². The van der Waals surface area contributed by atoms with Crippen LogP contribution in [0.25, 0.3) is 0 Å². The van der Waals surface area contributed by atoms with Gasteiger partial charge in [-0.2, -0.15) is 0 Å². The summed E-state index contributed by atoms with van der Waals surface area (Å²) in [4.78, 5) is 18.0. The van der Waals surface area contributed by atoms with Crippen molar-refractivity contribution in [1.29, 1.82) is 0 Å². The molecule has 2 aromatic rings. The molecule has 1 aromatic carbocycles. The Kier molecular flexibility index (Phi) is 5.98. The second-order valence-electron chi connectivity index (χ2n) is 4.94. The smallest absolute Gasteiger partial charge is 0.248 e. The number of halogens is 1. The number of carbonyl (C=O) groups excluding carboxylic acids is 1. The van der Waals surface area contributed by atoms with Crippen LogP contribution in [-0.4, -0.2) is 40.6 Å². The summed E-state index contributed by atoms with van der Waals surface area (Å²) in [6.07, 6.45) is 3.65. The van der Waals surface area contributed by atoms with Gasteiger partial charge in [0.25, 0.3) is 0 Å². The number of carbonyl (C=O) groups is 1. The summed E-state index contributed by atoms with van der Waals surface area (Å²) in [5.74, 6) is 0.800. The first-order chi connectivity index (χ1) is 10.6. The molecule has 118 valence electrons. The third-order valence-corrected chi connectivity index (χ3v) is 3.61. The monoisotopic (exact) mass is 321 g/mol. The van der Waals surface area contributed by atoms with E-state index in [1.54, 1.807) is 11.1 Å². The van der Waals surface area contributed by atoms with Gasteiger partial charge in [-0.25, -0.2) is 4.98 Å². The van der Waals surface area contributed by atoms with Gasteiger partial charge in [0.15, 0.2) is 0 Å². The highest BCUT2D eigenvalue weighted by atomic mass is 35.5. The lowest BCUT2D eigenvalue weighted by atomic mass is 10.2. The maximum absolute atomic E-state index is 12.0. The number of benzene rings is 1.